The minimum atomic E-state index is -0.439. The van der Waals surface area contributed by atoms with Crippen molar-refractivity contribution in [2.75, 3.05) is 26.7 Å². The maximum atomic E-state index is 13.3. The first-order chi connectivity index (χ1) is 14.0. The minimum absolute atomic E-state index is 0.135. The Morgan fingerprint density at radius 3 is 2.48 bits per heavy atom. The molecule has 0 aliphatic carbocycles. The van der Waals surface area contributed by atoms with Gasteiger partial charge in [0, 0.05) is 31.7 Å². The average Bonchev–Trinajstić information content (AvgIpc) is 3.10. The maximum absolute atomic E-state index is 13.3. The minimum Gasteiger partial charge on any atom is -0.310 e. The summed E-state index contributed by atoms with van der Waals surface area (Å²) in [5.41, 5.74) is 1.87. The third-order valence-corrected chi connectivity index (χ3v) is 5.95. The van der Waals surface area contributed by atoms with Crippen molar-refractivity contribution in [3.05, 3.63) is 34.9 Å². The van der Waals surface area contributed by atoms with Crippen LogP contribution < -0.4 is 5.32 Å². The molecule has 3 aliphatic heterocycles. The number of hydrogen-bond acceptors (Lipinski definition) is 6. The number of nitrogens with one attached hydrogen (secondary N) is 1. The number of fused-ring (bicyclic) bond motifs is 3. The predicted octanol–water partition coefficient (Wildman–Crippen LogP) is 1.96. The highest BCUT2D eigenvalue weighted by molar-refractivity contribution is 6.30. The molecule has 2 saturated heterocycles. The van der Waals surface area contributed by atoms with Crippen molar-refractivity contribution in [2.24, 2.45) is 5.10 Å². The fraction of sp³-hybridized carbons (Fsp3) is 0.550. The summed E-state index contributed by atoms with van der Waals surface area (Å²) in [6, 6.07) is 6.92. The molecule has 0 spiro atoms. The van der Waals surface area contributed by atoms with Crippen molar-refractivity contribution in [1.29, 1.82) is 0 Å². The number of imide groups is 1. The highest BCUT2D eigenvalue weighted by Crippen LogP contribution is 2.31. The summed E-state index contributed by atoms with van der Waals surface area (Å²) in [5, 5.41) is 11.0. The normalized spacial score (nSPS) is 27.2. The SMILES string of the molecule is CCCN1C(=O)C2C(NC3N(CCC)N=C(c4ccc(Cl)cc4)CN23)N(C)C1=O. The molecule has 29 heavy (non-hydrogen) atoms. The number of carbonyl (C=O) groups excluding carboxylic acids is 2. The van der Waals surface area contributed by atoms with Gasteiger partial charge in [0.25, 0.3) is 5.91 Å². The molecule has 0 radical (unpaired) electrons. The van der Waals surface area contributed by atoms with Crippen LogP contribution in [0.15, 0.2) is 29.4 Å². The van der Waals surface area contributed by atoms with E-state index in [0.29, 0.717) is 18.1 Å². The van der Waals surface area contributed by atoms with E-state index in [1.807, 2.05) is 36.2 Å². The molecule has 3 aliphatic rings. The van der Waals surface area contributed by atoms with E-state index in [2.05, 4.69) is 17.1 Å². The fourth-order valence-corrected chi connectivity index (χ4v) is 4.44. The van der Waals surface area contributed by atoms with Crippen LogP contribution in [-0.4, -0.2) is 82.5 Å². The van der Waals surface area contributed by atoms with Crippen LogP contribution in [0.3, 0.4) is 0 Å². The van der Waals surface area contributed by atoms with Crippen LogP contribution in [0.1, 0.15) is 32.3 Å². The smallest absolute Gasteiger partial charge is 0.310 e. The first-order valence-electron chi connectivity index (χ1n) is 10.2. The second-order valence-electron chi connectivity index (χ2n) is 7.70. The molecular formula is C20H27ClN6O2. The Kier molecular flexibility index (Phi) is 5.50. The summed E-state index contributed by atoms with van der Waals surface area (Å²) in [6.45, 7) is 5.77. The molecule has 4 rings (SSSR count). The van der Waals surface area contributed by atoms with Crippen molar-refractivity contribution >= 4 is 29.3 Å². The van der Waals surface area contributed by atoms with Gasteiger partial charge in [-0.25, -0.2) is 9.69 Å². The van der Waals surface area contributed by atoms with E-state index in [-0.39, 0.29) is 24.4 Å². The Hall–Kier alpha value is -2.16. The number of rotatable bonds is 5. The van der Waals surface area contributed by atoms with Gasteiger partial charge in [0.05, 0.1) is 5.71 Å². The lowest BCUT2D eigenvalue weighted by atomic mass is 10.1. The van der Waals surface area contributed by atoms with Crippen molar-refractivity contribution in [3.8, 4) is 0 Å². The van der Waals surface area contributed by atoms with Gasteiger partial charge in [0.2, 0.25) is 0 Å². The molecule has 1 N–H and O–H groups in total. The van der Waals surface area contributed by atoms with Gasteiger partial charge < -0.3 is 4.90 Å². The van der Waals surface area contributed by atoms with Gasteiger partial charge in [-0.05, 0) is 30.5 Å². The Morgan fingerprint density at radius 1 is 1.14 bits per heavy atom. The molecule has 9 heteroatoms. The lowest BCUT2D eigenvalue weighted by Gasteiger charge is -2.42. The fourth-order valence-electron chi connectivity index (χ4n) is 4.32. The number of halogens is 1. The zero-order valence-corrected chi connectivity index (χ0v) is 17.8. The molecule has 1 aromatic rings. The molecule has 3 unspecified atom stereocenters. The molecule has 1 aromatic carbocycles. The van der Waals surface area contributed by atoms with Crippen LogP contribution in [0, 0.1) is 0 Å². The summed E-state index contributed by atoms with van der Waals surface area (Å²) in [4.78, 5) is 31.2. The van der Waals surface area contributed by atoms with Crippen molar-refractivity contribution in [3.63, 3.8) is 0 Å². The summed E-state index contributed by atoms with van der Waals surface area (Å²) < 4.78 is 0. The van der Waals surface area contributed by atoms with Crippen molar-refractivity contribution in [1.82, 2.24) is 25.0 Å². The van der Waals surface area contributed by atoms with E-state index < -0.39 is 6.04 Å². The number of nitrogens with zero attached hydrogens (tertiary/aromatic N) is 5. The van der Waals surface area contributed by atoms with E-state index in [4.69, 9.17) is 16.7 Å². The summed E-state index contributed by atoms with van der Waals surface area (Å²) in [5.74, 6) is -0.135. The van der Waals surface area contributed by atoms with Gasteiger partial charge in [-0.1, -0.05) is 37.6 Å². The molecule has 0 aromatic heterocycles. The summed E-state index contributed by atoms with van der Waals surface area (Å²) >= 11 is 6.05. The number of hydrogen-bond donors (Lipinski definition) is 1. The number of carbonyl (C=O) groups is 2. The van der Waals surface area contributed by atoms with Gasteiger partial charge in [0.15, 0.2) is 6.29 Å². The molecule has 3 amide bonds. The largest absolute Gasteiger partial charge is 0.327 e. The van der Waals surface area contributed by atoms with Crippen LogP contribution in [0.2, 0.25) is 5.02 Å². The first kappa shape index (κ1) is 20.1. The molecular weight excluding hydrogens is 392 g/mol. The Balaban J connectivity index is 1.69. The third kappa shape index (κ3) is 3.39. The summed E-state index contributed by atoms with van der Waals surface area (Å²) in [6.07, 6.45) is 1.07. The van der Waals surface area contributed by atoms with Gasteiger partial charge >= 0.3 is 6.03 Å². The molecule has 0 bridgehead atoms. The zero-order valence-electron chi connectivity index (χ0n) is 17.0. The van der Waals surface area contributed by atoms with Crippen molar-refractivity contribution in [2.45, 2.75) is 45.2 Å². The monoisotopic (exact) mass is 418 g/mol. The molecule has 3 atom stereocenters. The van der Waals surface area contributed by atoms with E-state index in [9.17, 15) is 9.59 Å². The van der Waals surface area contributed by atoms with Gasteiger partial charge in [0.1, 0.15) is 12.2 Å². The van der Waals surface area contributed by atoms with E-state index >= 15 is 0 Å². The lowest BCUT2D eigenvalue weighted by molar-refractivity contribution is -0.138. The number of likely N-dealkylation sites (N-methyl/N-ethyl adjacent to an activating group) is 1. The standard InChI is InChI=1S/C20H27ClN6O2/c1-4-10-25-18(28)16-17(24(3)20(25)29)22-19-26(16)12-15(23-27(19)11-5-2)13-6-8-14(21)9-7-13/h6-9,16-17,19,22H,4-5,10-12H2,1-3H3. The Labute approximate surface area is 176 Å². The zero-order chi connectivity index (χ0) is 20.7. The Bertz CT molecular complexity index is 829. The van der Waals surface area contributed by atoms with Crippen LogP contribution in [0.25, 0.3) is 0 Å². The second kappa shape index (κ2) is 7.93. The molecule has 0 saturated carbocycles. The molecule has 156 valence electrons. The molecule has 2 fully saturated rings. The molecule has 3 heterocycles. The average molecular weight is 419 g/mol. The van der Waals surface area contributed by atoms with Crippen LogP contribution in [0.5, 0.6) is 0 Å². The van der Waals surface area contributed by atoms with Gasteiger partial charge in [-0.15, -0.1) is 0 Å². The maximum Gasteiger partial charge on any atom is 0.327 e. The van der Waals surface area contributed by atoms with Crippen LogP contribution in [-0.2, 0) is 4.79 Å². The number of amides is 3. The summed E-state index contributed by atoms with van der Waals surface area (Å²) in [7, 11) is 1.76. The van der Waals surface area contributed by atoms with Crippen molar-refractivity contribution < 1.29 is 9.59 Å². The van der Waals surface area contributed by atoms with E-state index in [1.54, 1.807) is 11.9 Å². The second-order valence-corrected chi connectivity index (χ2v) is 8.14. The highest BCUT2D eigenvalue weighted by Gasteiger charge is 2.56. The lowest BCUT2D eigenvalue weighted by Crippen LogP contribution is -2.66. The van der Waals surface area contributed by atoms with Crippen LogP contribution >= 0.6 is 11.6 Å². The quantitative estimate of drug-likeness (QED) is 0.791. The topological polar surface area (TPSA) is 71.5 Å². The molecule has 8 nitrogen and oxygen atoms in total. The van der Waals surface area contributed by atoms with Gasteiger partial charge in [-0.3, -0.25) is 20.0 Å². The van der Waals surface area contributed by atoms with Crippen LogP contribution in [0.4, 0.5) is 4.79 Å². The third-order valence-electron chi connectivity index (χ3n) is 5.70. The number of urea groups is 1. The number of hydrazone groups is 1. The number of benzene rings is 1. The van der Waals surface area contributed by atoms with Gasteiger partial charge in [-0.2, -0.15) is 5.10 Å². The Morgan fingerprint density at radius 2 is 1.83 bits per heavy atom. The highest BCUT2D eigenvalue weighted by atomic mass is 35.5. The van der Waals surface area contributed by atoms with E-state index in [0.717, 1.165) is 30.7 Å². The first-order valence-corrected chi connectivity index (χ1v) is 10.5. The van der Waals surface area contributed by atoms with E-state index in [1.165, 1.54) is 4.90 Å². The predicted molar refractivity (Wildman–Crippen MR) is 111 cm³/mol.